The Labute approximate surface area is 197 Å². The van der Waals surface area contributed by atoms with E-state index in [1.807, 2.05) is 32.9 Å². The van der Waals surface area contributed by atoms with Crippen LogP contribution in [0.4, 0.5) is 16.2 Å². The standard InChI is InChI=1S/C26H39N3O4/c1-17-5-7-18(8-6-17)22(27)23(30)28-19-9-10-20-21(15-19)29(24(31)33-25(2,3)4)16-26(20)11-13-32-14-12-26/h9-10,15,17-18,22H,5-8,11-14,16,27H2,1-4H3,(H,28,30). The van der Waals surface area contributed by atoms with Gasteiger partial charge in [0.25, 0.3) is 0 Å². The molecule has 0 radical (unpaired) electrons. The number of benzene rings is 1. The van der Waals surface area contributed by atoms with Gasteiger partial charge in [-0.15, -0.1) is 0 Å². The third-order valence-electron chi connectivity index (χ3n) is 7.52. The Morgan fingerprint density at radius 3 is 2.48 bits per heavy atom. The molecule has 3 aliphatic rings. The molecule has 1 aliphatic carbocycles. The average Bonchev–Trinajstić information content (AvgIpc) is 3.06. The van der Waals surface area contributed by atoms with Gasteiger partial charge in [-0.1, -0.05) is 25.8 Å². The van der Waals surface area contributed by atoms with E-state index in [0.717, 1.165) is 49.8 Å². The Morgan fingerprint density at radius 2 is 1.85 bits per heavy atom. The van der Waals surface area contributed by atoms with Gasteiger partial charge in [0.15, 0.2) is 0 Å². The number of fused-ring (bicyclic) bond motifs is 2. The molecule has 3 N–H and O–H groups in total. The number of amides is 2. The summed E-state index contributed by atoms with van der Waals surface area (Å²) in [6.45, 7) is 9.79. The van der Waals surface area contributed by atoms with Crippen LogP contribution >= 0.6 is 0 Å². The molecule has 2 aliphatic heterocycles. The fourth-order valence-electron chi connectivity index (χ4n) is 5.51. The minimum Gasteiger partial charge on any atom is -0.443 e. The van der Waals surface area contributed by atoms with Crippen molar-refractivity contribution in [1.82, 2.24) is 0 Å². The van der Waals surface area contributed by atoms with Crippen LogP contribution in [0.1, 0.15) is 71.8 Å². The van der Waals surface area contributed by atoms with Gasteiger partial charge in [0, 0.05) is 30.9 Å². The maximum absolute atomic E-state index is 13.1. The monoisotopic (exact) mass is 457 g/mol. The van der Waals surface area contributed by atoms with Crippen LogP contribution in [0.3, 0.4) is 0 Å². The van der Waals surface area contributed by atoms with E-state index < -0.39 is 11.6 Å². The van der Waals surface area contributed by atoms with Gasteiger partial charge in [0.1, 0.15) is 5.60 Å². The number of nitrogens with two attached hydrogens (primary N) is 1. The molecule has 1 atom stereocenters. The fraction of sp³-hybridized carbons (Fsp3) is 0.692. The molecule has 2 heterocycles. The van der Waals surface area contributed by atoms with Crippen molar-refractivity contribution < 1.29 is 19.1 Å². The van der Waals surface area contributed by atoms with Gasteiger partial charge in [-0.05, 0) is 76.0 Å². The second-order valence-electron chi connectivity index (χ2n) is 11.2. The largest absolute Gasteiger partial charge is 0.443 e. The quantitative estimate of drug-likeness (QED) is 0.693. The van der Waals surface area contributed by atoms with Crippen molar-refractivity contribution in [2.45, 2.75) is 83.3 Å². The molecule has 1 unspecified atom stereocenters. The lowest BCUT2D eigenvalue weighted by Crippen LogP contribution is -2.43. The summed E-state index contributed by atoms with van der Waals surface area (Å²) in [5.41, 5.74) is 8.22. The van der Waals surface area contributed by atoms with Crippen LogP contribution in [0.5, 0.6) is 0 Å². The van der Waals surface area contributed by atoms with Gasteiger partial charge in [-0.2, -0.15) is 0 Å². The number of ether oxygens (including phenoxy) is 2. The topological polar surface area (TPSA) is 93.9 Å². The third kappa shape index (κ3) is 5.19. The Hall–Kier alpha value is -2.12. The van der Waals surface area contributed by atoms with Crippen molar-refractivity contribution in [2.75, 3.05) is 30.0 Å². The molecule has 7 nitrogen and oxygen atoms in total. The summed E-state index contributed by atoms with van der Waals surface area (Å²) >= 11 is 0. The van der Waals surface area contributed by atoms with E-state index >= 15 is 0 Å². The van der Waals surface area contributed by atoms with E-state index in [9.17, 15) is 9.59 Å². The number of anilines is 2. The summed E-state index contributed by atoms with van der Waals surface area (Å²) in [7, 11) is 0. The second kappa shape index (κ2) is 9.26. The maximum Gasteiger partial charge on any atom is 0.414 e. The lowest BCUT2D eigenvalue weighted by molar-refractivity contribution is -0.118. The number of nitrogens with one attached hydrogen (secondary N) is 1. The third-order valence-corrected chi connectivity index (χ3v) is 7.52. The predicted octanol–water partition coefficient (Wildman–Crippen LogP) is 4.58. The van der Waals surface area contributed by atoms with Gasteiger partial charge in [0.05, 0.1) is 11.7 Å². The number of rotatable bonds is 3. The Kier molecular flexibility index (Phi) is 6.74. The number of carbonyl (C=O) groups is 2. The van der Waals surface area contributed by atoms with Crippen LogP contribution in [-0.2, 0) is 19.7 Å². The summed E-state index contributed by atoms with van der Waals surface area (Å²) < 4.78 is 11.3. The molecule has 2 fully saturated rings. The SMILES string of the molecule is CC1CCC(C(N)C(=O)Nc2ccc3c(c2)N(C(=O)OC(C)(C)C)CC32CCOCC2)CC1. The molecule has 2 amide bonds. The first-order valence-corrected chi connectivity index (χ1v) is 12.4. The van der Waals surface area contributed by atoms with Crippen molar-refractivity contribution in [3.63, 3.8) is 0 Å². The molecule has 1 aromatic carbocycles. The summed E-state index contributed by atoms with van der Waals surface area (Å²) in [4.78, 5) is 27.7. The highest BCUT2D eigenvalue weighted by Gasteiger charge is 2.46. The molecular weight excluding hydrogens is 418 g/mol. The van der Waals surface area contributed by atoms with Gasteiger partial charge in [0.2, 0.25) is 5.91 Å². The van der Waals surface area contributed by atoms with E-state index in [1.165, 1.54) is 0 Å². The van der Waals surface area contributed by atoms with Crippen molar-refractivity contribution in [1.29, 1.82) is 0 Å². The van der Waals surface area contributed by atoms with Crippen molar-refractivity contribution in [2.24, 2.45) is 17.6 Å². The number of nitrogens with zero attached hydrogens (tertiary/aromatic N) is 1. The molecule has 4 rings (SSSR count). The van der Waals surface area contributed by atoms with Crippen LogP contribution < -0.4 is 16.0 Å². The van der Waals surface area contributed by atoms with Gasteiger partial charge in [-0.25, -0.2) is 4.79 Å². The molecule has 1 saturated heterocycles. The normalized spacial score (nSPS) is 25.4. The number of hydrogen-bond donors (Lipinski definition) is 2. The molecule has 1 spiro atoms. The Morgan fingerprint density at radius 1 is 1.18 bits per heavy atom. The minimum absolute atomic E-state index is 0.137. The van der Waals surface area contributed by atoms with Crippen molar-refractivity contribution in [3.8, 4) is 0 Å². The Bertz CT molecular complexity index is 880. The van der Waals surface area contributed by atoms with E-state index in [2.05, 4.69) is 18.3 Å². The molecule has 1 aromatic rings. The Balaban J connectivity index is 1.55. The van der Waals surface area contributed by atoms with Crippen LogP contribution in [0, 0.1) is 11.8 Å². The number of hydrogen-bond acceptors (Lipinski definition) is 5. The summed E-state index contributed by atoms with van der Waals surface area (Å²) in [5, 5.41) is 3.01. The van der Waals surface area contributed by atoms with E-state index in [-0.39, 0.29) is 23.3 Å². The maximum atomic E-state index is 13.1. The smallest absolute Gasteiger partial charge is 0.414 e. The lowest BCUT2D eigenvalue weighted by Gasteiger charge is -2.34. The van der Waals surface area contributed by atoms with Gasteiger partial charge < -0.3 is 20.5 Å². The van der Waals surface area contributed by atoms with Crippen molar-refractivity contribution >= 4 is 23.4 Å². The van der Waals surface area contributed by atoms with Crippen LogP contribution in [0.25, 0.3) is 0 Å². The lowest BCUT2D eigenvalue weighted by atomic mass is 9.76. The van der Waals surface area contributed by atoms with Gasteiger partial charge >= 0.3 is 6.09 Å². The zero-order valence-electron chi connectivity index (χ0n) is 20.5. The molecule has 1 saturated carbocycles. The van der Waals surface area contributed by atoms with Crippen LogP contribution in [-0.4, -0.2) is 43.4 Å². The van der Waals surface area contributed by atoms with Crippen LogP contribution in [0.2, 0.25) is 0 Å². The molecule has 182 valence electrons. The first-order chi connectivity index (χ1) is 15.6. The molecule has 0 aromatic heterocycles. The van der Waals surface area contributed by atoms with E-state index in [1.54, 1.807) is 4.90 Å². The summed E-state index contributed by atoms with van der Waals surface area (Å²) in [6, 6.07) is 5.36. The van der Waals surface area contributed by atoms with E-state index in [4.69, 9.17) is 15.2 Å². The molecular formula is C26H39N3O4. The molecule has 0 bridgehead atoms. The fourth-order valence-corrected chi connectivity index (χ4v) is 5.51. The highest BCUT2D eigenvalue weighted by molar-refractivity contribution is 5.97. The van der Waals surface area contributed by atoms with Gasteiger partial charge in [-0.3, -0.25) is 9.69 Å². The predicted molar refractivity (Wildman–Crippen MR) is 129 cm³/mol. The first kappa shape index (κ1) is 24.0. The molecule has 33 heavy (non-hydrogen) atoms. The van der Waals surface area contributed by atoms with Crippen LogP contribution in [0.15, 0.2) is 18.2 Å². The summed E-state index contributed by atoms with van der Waals surface area (Å²) in [5.74, 6) is 0.779. The van der Waals surface area contributed by atoms with Crippen molar-refractivity contribution in [3.05, 3.63) is 23.8 Å². The highest BCUT2D eigenvalue weighted by Crippen LogP contribution is 2.48. The zero-order chi connectivity index (χ0) is 23.8. The summed E-state index contributed by atoms with van der Waals surface area (Å²) in [6.07, 6.45) is 5.60. The zero-order valence-corrected chi connectivity index (χ0v) is 20.5. The van der Waals surface area contributed by atoms with E-state index in [0.29, 0.717) is 31.4 Å². The average molecular weight is 458 g/mol. The second-order valence-corrected chi connectivity index (χ2v) is 11.2. The highest BCUT2D eigenvalue weighted by atomic mass is 16.6. The minimum atomic E-state index is -0.585. The molecule has 7 heteroatoms. The first-order valence-electron chi connectivity index (χ1n) is 12.4. The number of carbonyl (C=O) groups excluding carboxylic acids is 2.